The molecule has 0 aliphatic heterocycles. The Kier molecular flexibility index (Phi) is 2.18. The van der Waals surface area contributed by atoms with Crippen LogP contribution in [0, 0.1) is 11.5 Å². The van der Waals surface area contributed by atoms with Crippen molar-refractivity contribution < 1.29 is 9.18 Å². The third kappa shape index (κ3) is 1.09. The lowest BCUT2D eigenvalue weighted by Crippen LogP contribution is -2.62. The minimum absolute atomic E-state index is 0.187. The summed E-state index contributed by atoms with van der Waals surface area (Å²) in [6.45, 7) is 0. The summed E-state index contributed by atoms with van der Waals surface area (Å²) < 4.78 is 13.5. The van der Waals surface area contributed by atoms with Crippen molar-refractivity contribution >= 4 is 5.91 Å². The predicted octanol–water partition coefficient (Wildman–Crippen LogP) is -0.326. The monoisotopic (exact) mass is 171 g/mol. The largest absolute Gasteiger partial charge is 0.356 e. The highest BCUT2D eigenvalue weighted by Gasteiger charge is 2.53. The highest BCUT2D eigenvalue weighted by atomic mass is 19.1. The summed E-state index contributed by atoms with van der Waals surface area (Å²) in [6.07, 6.45) is 2.35. The Balaban J connectivity index is 2.61. The van der Waals surface area contributed by atoms with Crippen LogP contribution in [-0.2, 0) is 4.79 Å². The Morgan fingerprint density at radius 2 is 2.50 bits per heavy atom. The van der Waals surface area contributed by atoms with Crippen LogP contribution in [0.4, 0.5) is 4.39 Å². The number of carbonyl (C=O) groups is 1. The van der Waals surface area contributed by atoms with Crippen molar-refractivity contribution in [3.63, 3.8) is 0 Å². The Bertz CT molecular complexity index is 237. The SMILES string of the molecule is CNC(=O)C1(F)CCC1NC#N. The smallest absolute Gasteiger partial charge is 0.259 e. The van der Waals surface area contributed by atoms with E-state index in [1.54, 1.807) is 6.19 Å². The van der Waals surface area contributed by atoms with Crippen LogP contribution in [0.25, 0.3) is 0 Å². The van der Waals surface area contributed by atoms with Gasteiger partial charge in [-0.3, -0.25) is 4.79 Å². The third-order valence-electron chi connectivity index (χ3n) is 2.19. The van der Waals surface area contributed by atoms with Crippen LogP contribution in [-0.4, -0.2) is 24.7 Å². The molecule has 0 aromatic heterocycles. The summed E-state index contributed by atoms with van der Waals surface area (Å²) in [7, 11) is 1.38. The number of rotatable bonds is 2. The van der Waals surface area contributed by atoms with Gasteiger partial charge in [0.2, 0.25) is 5.67 Å². The predicted molar refractivity (Wildman–Crippen MR) is 39.7 cm³/mol. The lowest BCUT2D eigenvalue weighted by atomic mass is 9.76. The second-order valence-corrected chi connectivity index (χ2v) is 2.79. The number of halogens is 1. The summed E-state index contributed by atoms with van der Waals surface area (Å²) in [5, 5.41) is 12.7. The number of hydrogen-bond donors (Lipinski definition) is 2. The molecule has 1 amide bonds. The summed E-state index contributed by atoms with van der Waals surface area (Å²) in [5.74, 6) is -0.651. The van der Waals surface area contributed by atoms with E-state index in [4.69, 9.17) is 5.26 Å². The molecule has 12 heavy (non-hydrogen) atoms. The molecule has 0 spiro atoms. The van der Waals surface area contributed by atoms with Gasteiger partial charge in [0.25, 0.3) is 5.91 Å². The molecule has 2 atom stereocenters. The van der Waals surface area contributed by atoms with Gasteiger partial charge in [0, 0.05) is 7.05 Å². The van der Waals surface area contributed by atoms with Crippen molar-refractivity contribution in [1.82, 2.24) is 10.6 Å². The standard InChI is InChI=1S/C7H10FN3O/c1-10-6(12)7(8)3-2-5(7)11-4-9/h5,11H,2-3H2,1H3,(H,10,12). The van der Waals surface area contributed by atoms with Crippen LogP contribution < -0.4 is 10.6 Å². The summed E-state index contributed by atoms with van der Waals surface area (Å²) in [6, 6.07) is -0.651. The van der Waals surface area contributed by atoms with Crippen molar-refractivity contribution in [2.75, 3.05) is 7.05 Å². The molecular weight excluding hydrogens is 161 g/mol. The molecule has 0 bridgehead atoms. The van der Waals surface area contributed by atoms with E-state index in [1.807, 2.05) is 0 Å². The first kappa shape index (κ1) is 8.78. The van der Waals surface area contributed by atoms with Gasteiger partial charge in [-0.05, 0) is 12.8 Å². The first-order valence-corrected chi connectivity index (χ1v) is 3.71. The quantitative estimate of drug-likeness (QED) is 0.442. The normalized spacial score (nSPS) is 32.9. The van der Waals surface area contributed by atoms with E-state index in [1.165, 1.54) is 7.05 Å². The molecule has 2 N–H and O–H groups in total. The van der Waals surface area contributed by atoms with E-state index in [-0.39, 0.29) is 6.42 Å². The van der Waals surface area contributed by atoms with Gasteiger partial charge < -0.3 is 10.6 Å². The minimum Gasteiger partial charge on any atom is -0.356 e. The first-order chi connectivity index (χ1) is 5.65. The Morgan fingerprint density at radius 3 is 2.83 bits per heavy atom. The maximum atomic E-state index is 13.5. The highest BCUT2D eigenvalue weighted by Crippen LogP contribution is 2.36. The molecule has 2 unspecified atom stereocenters. The fourth-order valence-corrected chi connectivity index (χ4v) is 1.29. The number of nitrogens with one attached hydrogen (secondary N) is 2. The summed E-state index contributed by atoms with van der Waals surface area (Å²) in [5.41, 5.74) is -1.88. The molecule has 1 aliphatic carbocycles. The van der Waals surface area contributed by atoms with Crippen molar-refractivity contribution in [3.05, 3.63) is 0 Å². The molecule has 0 saturated heterocycles. The second kappa shape index (κ2) is 2.97. The molecule has 5 heteroatoms. The lowest BCUT2D eigenvalue weighted by molar-refractivity contribution is -0.140. The minimum atomic E-state index is -1.88. The molecule has 1 rings (SSSR count). The van der Waals surface area contributed by atoms with E-state index in [2.05, 4.69) is 10.6 Å². The van der Waals surface area contributed by atoms with Crippen molar-refractivity contribution in [3.8, 4) is 6.19 Å². The molecule has 66 valence electrons. The number of hydrogen-bond acceptors (Lipinski definition) is 3. The van der Waals surface area contributed by atoms with Crippen molar-refractivity contribution in [1.29, 1.82) is 5.26 Å². The number of alkyl halides is 1. The van der Waals surface area contributed by atoms with Gasteiger partial charge in [-0.25, -0.2) is 4.39 Å². The van der Waals surface area contributed by atoms with E-state index < -0.39 is 17.6 Å². The van der Waals surface area contributed by atoms with Crippen molar-refractivity contribution in [2.24, 2.45) is 0 Å². The van der Waals surface area contributed by atoms with E-state index in [0.717, 1.165) is 0 Å². The zero-order valence-electron chi connectivity index (χ0n) is 6.72. The molecule has 1 aliphatic rings. The Morgan fingerprint density at radius 1 is 1.83 bits per heavy atom. The third-order valence-corrected chi connectivity index (χ3v) is 2.19. The molecule has 0 heterocycles. The van der Waals surface area contributed by atoms with Crippen LogP contribution in [0.15, 0.2) is 0 Å². The van der Waals surface area contributed by atoms with Crippen LogP contribution >= 0.6 is 0 Å². The summed E-state index contributed by atoms with van der Waals surface area (Å²) in [4.78, 5) is 11.0. The molecule has 1 fully saturated rings. The first-order valence-electron chi connectivity index (χ1n) is 3.71. The van der Waals surface area contributed by atoms with Gasteiger partial charge in [0.1, 0.15) is 0 Å². The fourth-order valence-electron chi connectivity index (χ4n) is 1.29. The maximum absolute atomic E-state index is 13.5. The van der Waals surface area contributed by atoms with E-state index in [0.29, 0.717) is 6.42 Å². The fraction of sp³-hybridized carbons (Fsp3) is 0.714. The molecule has 0 aromatic carbocycles. The van der Waals surface area contributed by atoms with Crippen LogP contribution in [0.3, 0.4) is 0 Å². The van der Waals surface area contributed by atoms with E-state index in [9.17, 15) is 9.18 Å². The number of nitrogens with zero attached hydrogens (tertiary/aromatic N) is 1. The van der Waals surface area contributed by atoms with Gasteiger partial charge in [-0.1, -0.05) is 0 Å². The molecular formula is C7H10FN3O. The Labute approximate surface area is 69.7 Å². The zero-order valence-corrected chi connectivity index (χ0v) is 6.72. The maximum Gasteiger partial charge on any atom is 0.259 e. The molecule has 4 nitrogen and oxygen atoms in total. The summed E-state index contributed by atoms with van der Waals surface area (Å²) >= 11 is 0. The molecule has 1 saturated carbocycles. The number of carbonyl (C=O) groups excluding carboxylic acids is 1. The van der Waals surface area contributed by atoms with Gasteiger partial charge in [0.05, 0.1) is 6.04 Å². The van der Waals surface area contributed by atoms with Crippen LogP contribution in [0.5, 0.6) is 0 Å². The number of amides is 1. The van der Waals surface area contributed by atoms with Gasteiger partial charge in [-0.15, -0.1) is 0 Å². The molecule has 0 aromatic rings. The average Bonchev–Trinajstić information content (AvgIpc) is 2.09. The number of nitriles is 1. The average molecular weight is 171 g/mol. The van der Waals surface area contributed by atoms with Crippen molar-refractivity contribution in [2.45, 2.75) is 24.6 Å². The lowest BCUT2D eigenvalue weighted by Gasteiger charge is -2.39. The van der Waals surface area contributed by atoms with Gasteiger partial charge in [0.15, 0.2) is 6.19 Å². The molecule has 0 radical (unpaired) electrons. The zero-order chi connectivity index (χ0) is 9.19. The van der Waals surface area contributed by atoms with Crippen LogP contribution in [0.1, 0.15) is 12.8 Å². The van der Waals surface area contributed by atoms with Gasteiger partial charge >= 0.3 is 0 Å². The van der Waals surface area contributed by atoms with Crippen LogP contribution in [0.2, 0.25) is 0 Å². The van der Waals surface area contributed by atoms with Gasteiger partial charge in [-0.2, -0.15) is 5.26 Å². The Hall–Kier alpha value is -1.31. The highest BCUT2D eigenvalue weighted by molar-refractivity contribution is 5.87. The second-order valence-electron chi connectivity index (χ2n) is 2.79. The van der Waals surface area contributed by atoms with E-state index >= 15 is 0 Å². The topological polar surface area (TPSA) is 64.9 Å².